The Bertz CT molecular complexity index is 957. The van der Waals surface area contributed by atoms with Gasteiger partial charge in [0.25, 0.3) is 5.91 Å². The monoisotopic (exact) mass is 429 g/mol. The number of nitrogens with zero attached hydrogens (tertiary/aromatic N) is 2. The molecule has 3 aromatic rings. The number of hydrazone groups is 1. The molecule has 0 aliphatic carbocycles. The van der Waals surface area contributed by atoms with Crippen molar-refractivity contribution < 1.29 is 9.90 Å². The average molecular weight is 430 g/mol. The molecule has 5 nitrogen and oxygen atoms in total. The summed E-state index contributed by atoms with van der Waals surface area (Å²) in [5.41, 5.74) is 3.68. The minimum atomic E-state index is -1.84. The molecule has 3 rings (SSSR count). The van der Waals surface area contributed by atoms with E-state index in [0.29, 0.717) is 11.1 Å². The summed E-state index contributed by atoms with van der Waals surface area (Å²) in [6.07, 6.45) is 3.78. The van der Waals surface area contributed by atoms with Gasteiger partial charge in [0.15, 0.2) is 5.60 Å². The summed E-state index contributed by atoms with van der Waals surface area (Å²) < 4.78 is 0. The summed E-state index contributed by atoms with van der Waals surface area (Å²) in [5.74, 6) is -0.611. The van der Waals surface area contributed by atoms with Gasteiger partial charge in [0, 0.05) is 18.8 Å². The lowest BCUT2D eigenvalue weighted by Gasteiger charge is -2.27. The highest BCUT2D eigenvalue weighted by Crippen LogP contribution is 2.29. The molecule has 2 N–H and O–H groups in total. The summed E-state index contributed by atoms with van der Waals surface area (Å²) in [5, 5.41) is 15.5. The first-order valence-electron chi connectivity index (χ1n) is 11.1. The van der Waals surface area contributed by atoms with Crippen LogP contribution < -0.4 is 10.3 Å². The number of benzene rings is 3. The fourth-order valence-corrected chi connectivity index (χ4v) is 3.71. The second-order valence-corrected chi connectivity index (χ2v) is 7.72. The van der Waals surface area contributed by atoms with Crippen molar-refractivity contribution in [1.82, 2.24) is 5.43 Å². The largest absolute Gasteiger partial charge is 0.372 e. The standard InChI is InChI=1S/C27H31N3O2/c1-3-19-30(20-4-2)25-17-15-22(16-18-25)21-28-29-26(31)27(32,23-11-7-5-8-12-23)24-13-9-6-10-14-24/h5-18,21,32H,3-4,19-20H2,1-2H3,(H,29,31)/b28-21+. The fourth-order valence-electron chi connectivity index (χ4n) is 3.71. The van der Waals surface area contributed by atoms with E-state index in [9.17, 15) is 9.90 Å². The Labute approximate surface area is 190 Å². The number of carbonyl (C=O) groups excluding carboxylic acids is 1. The minimum absolute atomic E-state index is 0.482. The number of carbonyl (C=O) groups is 1. The third-order valence-electron chi connectivity index (χ3n) is 5.34. The molecule has 0 saturated carbocycles. The first kappa shape index (κ1) is 23.2. The van der Waals surface area contributed by atoms with Crippen molar-refractivity contribution in [2.75, 3.05) is 18.0 Å². The highest BCUT2D eigenvalue weighted by Gasteiger charge is 2.39. The maximum Gasteiger partial charge on any atom is 0.281 e. The molecular weight excluding hydrogens is 398 g/mol. The molecule has 0 spiro atoms. The summed E-state index contributed by atoms with van der Waals surface area (Å²) in [7, 11) is 0. The van der Waals surface area contributed by atoms with E-state index >= 15 is 0 Å². The fraction of sp³-hybridized carbons (Fsp3) is 0.259. The van der Waals surface area contributed by atoms with Gasteiger partial charge in [-0.2, -0.15) is 5.10 Å². The normalized spacial score (nSPS) is 11.5. The lowest BCUT2D eigenvalue weighted by atomic mass is 9.85. The highest BCUT2D eigenvalue weighted by molar-refractivity contribution is 5.91. The molecule has 0 atom stereocenters. The second-order valence-electron chi connectivity index (χ2n) is 7.72. The quantitative estimate of drug-likeness (QED) is 0.363. The number of nitrogens with one attached hydrogen (secondary N) is 1. The zero-order valence-corrected chi connectivity index (χ0v) is 18.7. The van der Waals surface area contributed by atoms with Gasteiger partial charge in [-0.3, -0.25) is 4.79 Å². The molecule has 1 amide bonds. The van der Waals surface area contributed by atoms with Crippen LogP contribution in [0.25, 0.3) is 0 Å². The van der Waals surface area contributed by atoms with Crippen LogP contribution in [0.1, 0.15) is 43.4 Å². The Balaban J connectivity index is 1.75. The molecule has 0 aromatic heterocycles. The van der Waals surface area contributed by atoms with Crippen molar-refractivity contribution in [3.05, 3.63) is 102 Å². The van der Waals surface area contributed by atoms with Crippen LogP contribution >= 0.6 is 0 Å². The van der Waals surface area contributed by atoms with Gasteiger partial charge in [-0.1, -0.05) is 86.6 Å². The van der Waals surface area contributed by atoms with Crippen LogP contribution in [0.2, 0.25) is 0 Å². The van der Waals surface area contributed by atoms with E-state index in [1.807, 2.05) is 24.3 Å². The van der Waals surface area contributed by atoms with E-state index in [1.54, 1.807) is 54.7 Å². The SMILES string of the molecule is CCCN(CCC)c1ccc(/C=N/NC(=O)C(O)(c2ccccc2)c2ccccc2)cc1. The molecule has 5 heteroatoms. The van der Waals surface area contributed by atoms with E-state index in [2.05, 4.69) is 41.4 Å². The van der Waals surface area contributed by atoms with E-state index in [-0.39, 0.29) is 0 Å². The van der Waals surface area contributed by atoms with Gasteiger partial charge in [-0.25, -0.2) is 5.43 Å². The Morgan fingerprint density at radius 2 is 1.38 bits per heavy atom. The molecule has 0 aliphatic heterocycles. The van der Waals surface area contributed by atoms with Crippen LogP contribution in [0.5, 0.6) is 0 Å². The van der Waals surface area contributed by atoms with Crippen LogP contribution in [0, 0.1) is 0 Å². The molecule has 166 valence electrons. The predicted octanol–water partition coefficient (Wildman–Crippen LogP) is 4.70. The van der Waals surface area contributed by atoms with Crippen molar-refractivity contribution in [2.45, 2.75) is 32.3 Å². The van der Waals surface area contributed by atoms with E-state index in [4.69, 9.17) is 0 Å². The van der Waals surface area contributed by atoms with E-state index in [0.717, 1.165) is 31.5 Å². The number of hydrogen-bond donors (Lipinski definition) is 2. The lowest BCUT2D eigenvalue weighted by molar-refractivity contribution is -0.136. The van der Waals surface area contributed by atoms with Gasteiger partial charge in [-0.15, -0.1) is 0 Å². The lowest BCUT2D eigenvalue weighted by Crippen LogP contribution is -2.43. The summed E-state index contributed by atoms with van der Waals surface area (Å²) in [6, 6.07) is 25.9. The molecule has 32 heavy (non-hydrogen) atoms. The Kier molecular flexibility index (Phi) is 8.17. The number of rotatable bonds is 10. The molecule has 0 heterocycles. The minimum Gasteiger partial charge on any atom is -0.372 e. The Morgan fingerprint density at radius 1 is 0.875 bits per heavy atom. The van der Waals surface area contributed by atoms with Crippen molar-refractivity contribution in [1.29, 1.82) is 0 Å². The van der Waals surface area contributed by atoms with E-state index in [1.165, 1.54) is 5.69 Å². The van der Waals surface area contributed by atoms with Crippen LogP contribution in [0.3, 0.4) is 0 Å². The van der Waals surface area contributed by atoms with Crippen molar-refractivity contribution in [3.63, 3.8) is 0 Å². The van der Waals surface area contributed by atoms with Crippen LogP contribution in [-0.2, 0) is 10.4 Å². The van der Waals surface area contributed by atoms with Gasteiger partial charge in [0.2, 0.25) is 0 Å². The molecule has 0 aliphatic rings. The Morgan fingerprint density at radius 3 is 1.84 bits per heavy atom. The molecule has 0 radical (unpaired) electrons. The zero-order valence-electron chi connectivity index (χ0n) is 18.7. The summed E-state index contributed by atoms with van der Waals surface area (Å²) >= 11 is 0. The van der Waals surface area contributed by atoms with Crippen LogP contribution in [0.4, 0.5) is 5.69 Å². The second kappa shape index (κ2) is 11.3. The smallest absolute Gasteiger partial charge is 0.281 e. The number of hydrogen-bond acceptors (Lipinski definition) is 4. The topological polar surface area (TPSA) is 64.9 Å². The molecule has 0 bridgehead atoms. The van der Waals surface area contributed by atoms with Crippen molar-refractivity contribution in [3.8, 4) is 0 Å². The number of aliphatic hydroxyl groups is 1. The third kappa shape index (κ3) is 5.42. The predicted molar refractivity (Wildman–Crippen MR) is 131 cm³/mol. The first-order chi connectivity index (χ1) is 15.6. The van der Waals surface area contributed by atoms with Gasteiger partial charge in [0.1, 0.15) is 0 Å². The Hall–Kier alpha value is -3.44. The molecular formula is C27H31N3O2. The average Bonchev–Trinajstić information content (AvgIpc) is 2.85. The number of anilines is 1. The molecule has 3 aromatic carbocycles. The van der Waals surface area contributed by atoms with Gasteiger partial charge in [0.05, 0.1) is 6.21 Å². The highest BCUT2D eigenvalue weighted by atomic mass is 16.3. The first-order valence-corrected chi connectivity index (χ1v) is 11.1. The molecule has 0 unspecified atom stereocenters. The van der Waals surface area contributed by atoms with Gasteiger partial charge in [-0.05, 0) is 41.7 Å². The summed E-state index contributed by atoms with van der Waals surface area (Å²) in [6.45, 7) is 6.40. The molecule has 0 saturated heterocycles. The molecule has 0 fully saturated rings. The summed E-state index contributed by atoms with van der Waals surface area (Å²) in [4.78, 5) is 15.4. The van der Waals surface area contributed by atoms with Crippen molar-refractivity contribution in [2.24, 2.45) is 5.10 Å². The maximum absolute atomic E-state index is 13.1. The van der Waals surface area contributed by atoms with Crippen molar-refractivity contribution >= 4 is 17.8 Å². The number of amides is 1. The van der Waals surface area contributed by atoms with Gasteiger partial charge < -0.3 is 10.0 Å². The third-order valence-corrected chi connectivity index (χ3v) is 5.34. The maximum atomic E-state index is 13.1. The van der Waals surface area contributed by atoms with E-state index < -0.39 is 11.5 Å². The van der Waals surface area contributed by atoms with Crippen LogP contribution in [0.15, 0.2) is 90.0 Å². The van der Waals surface area contributed by atoms with Gasteiger partial charge >= 0.3 is 0 Å². The zero-order chi connectivity index (χ0) is 22.8. The van der Waals surface area contributed by atoms with Crippen LogP contribution in [-0.4, -0.2) is 30.3 Å².